The number of rotatable bonds is 4. The lowest BCUT2D eigenvalue weighted by Crippen LogP contribution is -2.33. The molecule has 1 aliphatic heterocycles. The van der Waals surface area contributed by atoms with E-state index >= 15 is 0 Å². The molecule has 4 heteroatoms. The molecule has 0 fully saturated rings. The Hall–Kier alpha value is -4.70. The van der Waals surface area contributed by atoms with E-state index in [0.717, 1.165) is 46.9 Å². The van der Waals surface area contributed by atoms with Gasteiger partial charge in [-0.3, -0.25) is 0 Å². The predicted octanol–water partition coefficient (Wildman–Crippen LogP) is 7.09. The second kappa shape index (κ2) is 9.07. The van der Waals surface area contributed by atoms with Crippen LogP contribution in [0.25, 0.3) is 22.7 Å². The molecule has 0 radical (unpaired) electrons. The zero-order valence-electron chi connectivity index (χ0n) is 20.4. The molecule has 1 aliphatic carbocycles. The molecule has 5 aromatic rings. The molecule has 37 heavy (non-hydrogen) atoms. The monoisotopic (exact) mass is 478 g/mol. The highest BCUT2D eigenvalue weighted by atomic mass is 15.2. The molecule has 1 atom stereocenters. The summed E-state index contributed by atoms with van der Waals surface area (Å²) in [4.78, 5) is 10.1. The molecule has 0 bridgehead atoms. The molecular weight excluding hydrogens is 452 g/mol. The molecule has 1 unspecified atom stereocenters. The Morgan fingerprint density at radius 2 is 1.51 bits per heavy atom. The van der Waals surface area contributed by atoms with Crippen molar-refractivity contribution >= 4 is 28.7 Å². The number of hydrogen-bond donors (Lipinski definition) is 1. The van der Waals surface area contributed by atoms with Crippen LogP contribution in [0.5, 0.6) is 0 Å². The van der Waals surface area contributed by atoms with E-state index in [9.17, 15) is 0 Å². The average molecular weight is 479 g/mol. The highest BCUT2D eigenvalue weighted by Gasteiger charge is 2.22. The van der Waals surface area contributed by atoms with Crippen molar-refractivity contribution < 1.29 is 0 Å². The van der Waals surface area contributed by atoms with Crippen molar-refractivity contribution in [2.24, 2.45) is 9.98 Å². The fraction of sp³-hybridized carbons (Fsp3) is 0.0909. The molecule has 7 rings (SSSR count). The number of aryl methyl sites for hydroxylation is 1. The van der Waals surface area contributed by atoms with Crippen LogP contribution in [0.15, 0.2) is 125 Å². The molecule has 0 spiro atoms. The van der Waals surface area contributed by atoms with Gasteiger partial charge in [0.15, 0.2) is 5.84 Å². The first-order valence-corrected chi connectivity index (χ1v) is 12.8. The number of nitrogens with zero attached hydrogens (tertiary/aromatic N) is 3. The lowest BCUT2D eigenvalue weighted by atomic mass is 10.0. The summed E-state index contributed by atoms with van der Waals surface area (Å²) in [5.41, 5.74) is 8.20. The highest BCUT2D eigenvalue weighted by Crippen LogP contribution is 2.34. The number of aromatic nitrogens is 1. The lowest BCUT2D eigenvalue weighted by Gasteiger charge is -2.24. The molecular formula is C33H26N4. The average Bonchev–Trinajstić information content (AvgIpc) is 3.32. The number of amidine groups is 2. The number of hydrogen-bond acceptors (Lipinski definition) is 3. The third-order valence-corrected chi connectivity index (χ3v) is 7.12. The highest BCUT2D eigenvalue weighted by molar-refractivity contribution is 6.13. The third kappa shape index (κ3) is 3.87. The van der Waals surface area contributed by atoms with E-state index in [1.807, 2.05) is 24.3 Å². The Morgan fingerprint density at radius 1 is 0.757 bits per heavy atom. The summed E-state index contributed by atoms with van der Waals surface area (Å²) >= 11 is 0. The second-order valence-corrected chi connectivity index (χ2v) is 9.44. The van der Waals surface area contributed by atoms with Crippen LogP contribution in [0.3, 0.4) is 0 Å². The number of benzene rings is 4. The van der Waals surface area contributed by atoms with E-state index in [1.54, 1.807) is 0 Å². The Labute approximate surface area is 216 Å². The second-order valence-electron chi connectivity index (χ2n) is 9.44. The number of para-hydroxylation sites is 1. The molecule has 4 aromatic carbocycles. The first-order chi connectivity index (χ1) is 18.3. The minimum Gasteiger partial charge on any atom is -0.344 e. The number of allylic oxidation sites excluding steroid dienone is 1. The van der Waals surface area contributed by atoms with Crippen molar-refractivity contribution in [1.29, 1.82) is 0 Å². The van der Waals surface area contributed by atoms with Gasteiger partial charge in [-0.2, -0.15) is 0 Å². The van der Waals surface area contributed by atoms with Crippen molar-refractivity contribution in [2.45, 2.75) is 19.0 Å². The summed E-state index contributed by atoms with van der Waals surface area (Å²) < 4.78 is 2.38. The van der Waals surface area contributed by atoms with Gasteiger partial charge in [-0.25, -0.2) is 9.98 Å². The maximum Gasteiger partial charge on any atom is 0.159 e. The zero-order valence-corrected chi connectivity index (χ0v) is 20.4. The van der Waals surface area contributed by atoms with Gasteiger partial charge in [0.25, 0.3) is 0 Å². The quantitative estimate of drug-likeness (QED) is 0.294. The Bertz CT molecular complexity index is 1690. The first-order valence-electron chi connectivity index (χ1n) is 12.8. The molecule has 2 aliphatic rings. The number of fused-ring (bicyclic) bond motifs is 3. The van der Waals surface area contributed by atoms with E-state index in [4.69, 9.17) is 9.98 Å². The van der Waals surface area contributed by atoms with E-state index in [-0.39, 0.29) is 6.17 Å². The van der Waals surface area contributed by atoms with Crippen LogP contribution >= 0.6 is 0 Å². The van der Waals surface area contributed by atoms with Crippen LogP contribution in [0.1, 0.15) is 40.5 Å². The van der Waals surface area contributed by atoms with Gasteiger partial charge in [0.1, 0.15) is 12.0 Å². The zero-order chi connectivity index (χ0) is 24.6. The van der Waals surface area contributed by atoms with Crippen molar-refractivity contribution in [3.63, 3.8) is 0 Å². The smallest absolute Gasteiger partial charge is 0.159 e. The Balaban J connectivity index is 1.37. The van der Waals surface area contributed by atoms with Gasteiger partial charge in [0.05, 0.1) is 5.52 Å². The molecule has 4 nitrogen and oxygen atoms in total. The van der Waals surface area contributed by atoms with Crippen molar-refractivity contribution in [1.82, 2.24) is 9.88 Å². The van der Waals surface area contributed by atoms with E-state index in [1.165, 1.54) is 22.2 Å². The van der Waals surface area contributed by atoms with E-state index in [2.05, 4.69) is 107 Å². The normalized spacial score (nSPS) is 16.6. The van der Waals surface area contributed by atoms with E-state index in [0.29, 0.717) is 0 Å². The molecule has 178 valence electrons. The Kier molecular flexibility index (Phi) is 5.29. The fourth-order valence-electron chi connectivity index (χ4n) is 5.38. The number of aliphatic imine (C=N–C) groups is 2. The van der Waals surface area contributed by atoms with E-state index < -0.39 is 0 Å². The molecule has 0 saturated heterocycles. The molecule has 1 aromatic heterocycles. The molecule has 0 amide bonds. The fourth-order valence-corrected chi connectivity index (χ4v) is 5.38. The van der Waals surface area contributed by atoms with Gasteiger partial charge in [-0.15, -0.1) is 0 Å². The standard InChI is InChI=1S/C33H26N4/c1-3-12-23(13-4-1)31-34-32(24-14-5-2-6-15-24)36-33(35-31)25-16-11-17-26(22-25)37-29-20-9-7-18-27(29)28-19-8-10-21-30(28)37/h1-7,9-18,20-22,31H,8,19H2,(H,34,35,36). The van der Waals surface area contributed by atoms with Gasteiger partial charge < -0.3 is 9.88 Å². The van der Waals surface area contributed by atoms with Crippen LogP contribution in [0.4, 0.5) is 0 Å². The largest absolute Gasteiger partial charge is 0.344 e. The summed E-state index contributed by atoms with van der Waals surface area (Å²) in [6.45, 7) is 0. The minimum absolute atomic E-state index is 0.212. The third-order valence-electron chi connectivity index (χ3n) is 7.12. The van der Waals surface area contributed by atoms with Crippen molar-refractivity contribution in [2.75, 3.05) is 0 Å². The van der Waals surface area contributed by atoms with Gasteiger partial charge in [0.2, 0.25) is 0 Å². The Morgan fingerprint density at radius 3 is 2.38 bits per heavy atom. The van der Waals surface area contributed by atoms with Crippen LogP contribution < -0.4 is 5.32 Å². The SMILES string of the molecule is C1=Cc2c(c3ccccc3n2-c2cccc(C3=NC(c4ccccc4)NC(c4ccccc4)=N3)c2)CC1. The summed E-state index contributed by atoms with van der Waals surface area (Å²) in [5, 5.41) is 4.87. The van der Waals surface area contributed by atoms with Gasteiger partial charge >= 0.3 is 0 Å². The minimum atomic E-state index is -0.212. The summed E-state index contributed by atoms with van der Waals surface area (Å²) in [7, 11) is 0. The van der Waals surface area contributed by atoms with Crippen LogP contribution in [0.2, 0.25) is 0 Å². The molecule has 0 saturated carbocycles. The van der Waals surface area contributed by atoms with Gasteiger partial charge in [-0.05, 0) is 48.2 Å². The molecule has 1 N–H and O–H groups in total. The van der Waals surface area contributed by atoms with Crippen LogP contribution in [0, 0.1) is 0 Å². The maximum atomic E-state index is 5.07. The number of nitrogens with one attached hydrogen (secondary N) is 1. The van der Waals surface area contributed by atoms with Gasteiger partial charge in [0, 0.05) is 27.9 Å². The summed E-state index contributed by atoms with van der Waals surface area (Å²) in [6.07, 6.45) is 6.49. The summed E-state index contributed by atoms with van der Waals surface area (Å²) in [5.74, 6) is 1.56. The predicted molar refractivity (Wildman–Crippen MR) is 152 cm³/mol. The maximum absolute atomic E-state index is 5.07. The van der Waals surface area contributed by atoms with Crippen LogP contribution in [-0.2, 0) is 6.42 Å². The summed E-state index contributed by atoms with van der Waals surface area (Å²) in [6, 6.07) is 37.9. The molecule has 2 heterocycles. The lowest BCUT2D eigenvalue weighted by molar-refractivity contribution is 0.674. The first kappa shape index (κ1) is 21.6. The van der Waals surface area contributed by atoms with Gasteiger partial charge in [-0.1, -0.05) is 97.1 Å². The van der Waals surface area contributed by atoms with Crippen LogP contribution in [-0.4, -0.2) is 16.2 Å². The van der Waals surface area contributed by atoms with Crippen molar-refractivity contribution in [3.8, 4) is 5.69 Å². The topological polar surface area (TPSA) is 41.7 Å². The van der Waals surface area contributed by atoms with Crippen molar-refractivity contribution in [3.05, 3.63) is 143 Å².